The topological polar surface area (TPSA) is 59.6 Å². The number of amides is 2. The fourth-order valence-electron chi connectivity index (χ4n) is 2.15. The molecule has 1 atom stereocenters. The highest BCUT2D eigenvalue weighted by Crippen LogP contribution is 2.34. The van der Waals surface area contributed by atoms with Crippen LogP contribution in [0.2, 0.25) is 0 Å². The van der Waals surface area contributed by atoms with E-state index < -0.39 is 0 Å². The van der Waals surface area contributed by atoms with Crippen molar-refractivity contribution in [3.63, 3.8) is 0 Å². The summed E-state index contributed by atoms with van der Waals surface area (Å²) in [6.45, 7) is 2.16. The maximum absolute atomic E-state index is 12.0. The Morgan fingerprint density at radius 3 is 2.67 bits per heavy atom. The second-order valence-electron chi connectivity index (χ2n) is 4.80. The van der Waals surface area contributed by atoms with E-state index >= 15 is 0 Å². The second kappa shape index (κ2) is 5.75. The van der Waals surface area contributed by atoms with Crippen LogP contribution >= 0.6 is 0 Å². The van der Waals surface area contributed by atoms with Gasteiger partial charge in [-0.2, -0.15) is 0 Å². The molecule has 2 amide bonds. The number of ether oxygens (including phenoxy) is 2. The van der Waals surface area contributed by atoms with Gasteiger partial charge in [0.15, 0.2) is 11.5 Å². The van der Waals surface area contributed by atoms with E-state index in [9.17, 15) is 4.79 Å². The molecule has 0 saturated carbocycles. The molecular weight excluding hydrogens is 268 g/mol. The van der Waals surface area contributed by atoms with Gasteiger partial charge in [0.25, 0.3) is 0 Å². The molecule has 0 unspecified atom stereocenters. The van der Waals surface area contributed by atoms with Gasteiger partial charge in [0.2, 0.25) is 6.79 Å². The number of hydrogen-bond acceptors (Lipinski definition) is 3. The van der Waals surface area contributed by atoms with E-state index in [4.69, 9.17) is 9.47 Å². The van der Waals surface area contributed by atoms with Gasteiger partial charge in [-0.1, -0.05) is 24.3 Å². The third-order valence-corrected chi connectivity index (χ3v) is 3.28. The molecule has 0 saturated heterocycles. The maximum atomic E-state index is 12.0. The van der Waals surface area contributed by atoms with Gasteiger partial charge in [0.1, 0.15) is 0 Å². The zero-order chi connectivity index (χ0) is 14.7. The number of para-hydroxylation sites is 1. The summed E-state index contributed by atoms with van der Waals surface area (Å²) in [6, 6.07) is 14.6. The van der Waals surface area contributed by atoms with Crippen molar-refractivity contribution in [2.24, 2.45) is 0 Å². The molecule has 0 bridgehead atoms. The van der Waals surface area contributed by atoms with Crippen molar-refractivity contribution in [2.45, 2.75) is 13.0 Å². The number of hydrogen-bond donors (Lipinski definition) is 2. The van der Waals surface area contributed by atoms with E-state index in [1.54, 1.807) is 0 Å². The number of carbonyl (C=O) groups excluding carboxylic acids is 1. The number of fused-ring (bicyclic) bond motifs is 1. The van der Waals surface area contributed by atoms with E-state index in [1.807, 2.05) is 55.5 Å². The predicted molar refractivity (Wildman–Crippen MR) is 79.6 cm³/mol. The first-order valence-corrected chi connectivity index (χ1v) is 6.74. The van der Waals surface area contributed by atoms with Gasteiger partial charge in [-0.3, -0.25) is 0 Å². The predicted octanol–water partition coefficient (Wildman–Crippen LogP) is 3.30. The molecule has 1 heterocycles. The van der Waals surface area contributed by atoms with Gasteiger partial charge in [-0.05, 0) is 36.8 Å². The molecule has 2 N–H and O–H groups in total. The normalized spacial score (nSPS) is 13.6. The molecule has 2 aromatic carbocycles. The molecule has 0 radical (unpaired) electrons. The highest BCUT2D eigenvalue weighted by atomic mass is 16.7. The van der Waals surface area contributed by atoms with Crippen molar-refractivity contribution in [2.75, 3.05) is 12.1 Å². The van der Waals surface area contributed by atoms with Crippen LogP contribution in [0.25, 0.3) is 0 Å². The Kier molecular flexibility index (Phi) is 3.64. The van der Waals surface area contributed by atoms with Crippen LogP contribution in [0.5, 0.6) is 11.5 Å². The van der Waals surface area contributed by atoms with Crippen molar-refractivity contribution >= 4 is 11.7 Å². The summed E-state index contributed by atoms with van der Waals surface area (Å²) in [5.41, 5.74) is 1.72. The minimum Gasteiger partial charge on any atom is -0.454 e. The van der Waals surface area contributed by atoms with E-state index in [0.717, 1.165) is 17.0 Å². The monoisotopic (exact) mass is 284 g/mol. The van der Waals surface area contributed by atoms with Crippen molar-refractivity contribution < 1.29 is 14.3 Å². The molecule has 1 aliphatic rings. The summed E-state index contributed by atoms with van der Waals surface area (Å²) < 4.78 is 10.6. The first-order valence-electron chi connectivity index (χ1n) is 6.74. The van der Waals surface area contributed by atoms with E-state index in [1.165, 1.54) is 0 Å². The molecule has 5 heteroatoms. The van der Waals surface area contributed by atoms with E-state index in [0.29, 0.717) is 5.75 Å². The molecule has 108 valence electrons. The summed E-state index contributed by atoms with van der Waals surface area (Å²) in [6.07, 6.45) is 0. The van der Waals surface area contributed by atoms with Crippen molar-refractivity contribution in [1.29, 1.82) is 0 Å². The Bertz CT molecular complexity index is 643. The molecule has 0 aliphatic carbocycles. The van der Waals surface area contributed by atoms with Crippen LogP contribution in [0.4, 0.5) is 10.5 Å². The average Bonchev–Trinajstić information content (AvgIpc) is 2.95. The molecule has 1 aliphatic heterocycles. The third kappa shape index (κ3) is 3.08. The zero-order valence-electron chi connectivity index (χ0n) is 11.6. The zero-order valence-corrected chi connectivity index (χ0v) is 11.6. The summed E-state index contributed by atoms with van der Waals surface area (Å²) in [7, 11) is 0. The largest absolute Gasteiger partial charge is 0.454 e. The Morgan fingerprint density at radius 1 is 1.10 bits per heavy atom. The number of benzene rings is 2. The van der Waals surface area contributed by atoms with Crippen molar-refractivity contribution in [1.82, 2.24) is 5.32 Å². The SMILES string of the molecule is C[C@@H](NC(=O)Nc1ccccc1)c1ccc2c(c1)OCO2. The van der Waals surface area contributed by atoms with Gasteiger partial charge in [-0.25, -0.2) is 4.79 Å². The van der Waals surface area contributed by atoms with Crippen LogP contribution in [0, 0.1) is 0 Å². The first-order chi connectivity index (χ1) is 10.2. The summed E-state index contributed by atoms with van der Waals surface area (Å²) in [5.74, 6) is 1.45. The highest BCUT2D eigenvalue weighted by molar-refractivity contribution is 5.89. The van der Waals surface area contributed by atoms with Crippen LogP contribution in [0.15, 0.2) is 48.5 Å². The molecule has 0 aromatic heterocycles. The lowest BCUT2D eigenvalue weighted by Gasteiger charge is -2.15. The van der Waals surface area contributed by atoms with Crippen LogP contribution in [0.3, 0.4) is 0 Å². The Balaban J connectivity index is 1.63. The van der Waals surface area contributed by atoms with E-state index in [2.05, 4.69) is 10.6 Å². The van der Waals surface area contributed by atoms with Crippen LogP contribution in [-0.4, -0.2) is 12.8 Å². The minimum atomic E-state index is -0.244. The fourth-order valence-corrected chi connectivity index (χ4v) is 2.15. The Labute approximate surface area is 122 Å². The van der Waals surface area contributed by atoms with Gasteiger partial charge in [0, 0.05) is 5.69 Å². The quantitative estimate of drug-likeness (QED) is 0.909. The van der Waals surface area contributed by atoms with Crippen LogP contribution < -0.4 is 20.1 Å². The number of anilines is 1. The second-order valence-corrected chi connectivity index (χ2v) is 4.80. The van der Waals surface area contributed by atoms with Gasteiger partial charge in [0.05, 0.1) is 6.04 Å². The molecule has 5 nitrogen and oxygen atoms in total. The molecule has 0 fully saturated rings. The molecule has 3 rings (SSSR count). The summed E-state index contributed by atoms with van der Waals surface area (Å²) >= 11 is 0. The van der Waals surface area contributed by atoms with Crippen LogP contribution in [0.1, 0.15) is 18.5 Å². The van der Waals surface area contributed by atoms with E-state index in [-0.39, 0.29) is 18.9 Å². The molecule has 2 aromatic rings. The van der Waals surface area contributed by atoms with Crippen LogP contribution in [-0.2, 0) is 0 Å². The standard InChI is InChI=1S/C16H16N2O3/c1-11(12-7-8-14-15(9-12)21-10-20-14)17-16(19)18-13-5-3-2-4-6-13/h2-9,11H,10H2,1H3,(H2,17,18,19)/t11-/m1/s1. The number of urea groups is 1. The molecule has 21 heavy (non-hydrogen) atoms. The number of rotatable bonds is 3. The third-order valence-electron chi connectivity index (χ3n) is 3.28. The summed E-state index contributed by atoms with van der Waals surface area (Å²) in [4.78, 5) is 12.0. The lowest BCUT2D eigenvalue weighted by Crippen LogP contribution is -2.31. The first kappa shape index (κ1) is 13.3. The van der Waals surface area contributed by atoms with Gasteiger partial charge >= 0.3 is 6.03 Å². The minimum absolute atomic E-state index is 0.136. The highest BCUT2D eigenvalue weighted by Gasteiger charge is 2.16. The summed E-state index contributed by atoms with van der Waals surface area (Å²) in [5, 5.41) is 5.68. The number of carbonyl (C=O) groups is 1. The molecule has 0 spiro atoms. The fraction of sp³-hybridized carbons (Fsp3) is 0.188. The average molecular weight is 284 g/mol. The smallest absolute Gasteiger partial charge is 0.319 e. The van der Waals surface area contributed by atoms with Gasteiger partial charge in [-0.15, -0.1) is 0 Å². The Hall–Kier alpha value is -2.69. The lowest BCUT2D eigenvalue weighted by molar-refractivity contribution is 0.174. The van der Waals surface area contributed by atoms with Crippen molar-refractivity contribution in [3.05, 3.63) is 54.1 Å². The van der Waals surface area contributed by atoms with Crippen molar-refractivity contribution in [3.8, 4) is 11.5 Å². The van der Waals surface area contributed by atoms with Gasteiger partial charge < -0.3 is 20.1 Å². The maximum Gasteiger partial charge on any atom is 0.319 e. The number of nitrogens with one attached hydrogen (secondary N) is 2. The lowest BCUT2D eigenvalue weighted by atomic mass is 10.1. The Morgan fingerprint density at radius 2 is 1.86 bits per heavy atom. The molecular formula is C16H16N2O3.